The van der Waals surface area contributed by atoms with E-state index in [-0.39, 0.29) is 18.7 Å². The molecule has 5 rings (SSSR count). The van der Waals surface area contributed by atoms with Gasteiger partial charge in [-0.3, -0.25) is 14.3 Å². The Hall–Kier alpha value is -2.43. The minimum Gasteiger partial charge on any atom is -0.484 e. The van der Waals surface area contributed by atoms with Crippen LogP contribution in [0, 0.1) is 0 Å². The fourth-order valence-corrected chi connectivity index (χ4v) is 5.09. The SMILES string of the molecule is Cn1nc(C(F)F)cc1C(=O)NC12CCC(NC(=O)COc3ccc(Cl)c(Cl)c3)(CC1)[C@@H](O)C2. The number of nitrogens with one attached hydrogen (secondary N) is 2. The Morgan fingerprint density at radius 2 is 1.91 bits per heavy atom. The van der Waals surface area contributed by atoms with E-state index in [1.54, 1.807) is 12.1 Å². The first-order valence-corrected chi connectivity index (χ1v) is 11.5. The van der Waals surface area contributed by atoms with Crippen LogP contribution in [0.25, 0.3) is 0 Å². The van der Waals surface area contributed by atoms with Gasteiger partial charge in [0.2, 0.25) is 0 Å². The lowest BCUT2D eigenvalue weighted by molar-refractivity contribution is -0.132. The maximum absolute atomic E-state index is 12.9. The van der Waals surface area contributed by atoms with Crippen molar-refractivity contribution in [3.63, 3.8) is 0 Å². The summed E-state index contributed by atoms with van der Waals surface area (Å²) >= 11 is 11.8. The van der Waals surface area contributed by atoms with Crippen molar-refractivity contribution < 1.29 is 28.2 Å². The summed E-state index contributed by atoms with van der Waals surface area (Å²) in [6.07, 6.45) is -1.52. The molecular weight excluding hydrogens is 493 g/mol. The molecule has 3 aliphatic rings. The fourth-order valence-electron chi connectivity index (χ4n) is 4.80. The molecule has 2 bridgehead atoms. The molecule has 1 aromatic heterocycles. The van der Waals surface area contributed by atoms with Crippen molar-refractivity contribution >= 4 is 35.0 Å². The minimum atomic E-state index is -2.78. The van der Waals surface area contributed by atoms with E-state index in [4.69, 9.17) is 27.9 Å². The van der Waals surface area contributed by atoms with Crippen LogP contribution < -0.4 is 15.4 Å². The standard InChI is InChI=1S/C22H24Cl2F2N4O4/c1-30-16(9-15(29-30)19(25)26)20(33)28-21-4-6-22(7-5-21,17(31)10-21)27-18(32)11-34-12-2-3-13(23)14(24)8-12/h2-3,8-9,17,19,31H,4-7,10-11H2,1H3,(H,27,32)(H,28,33)/t17-,21?,22?/m0/s1. The molecule has 1 atom stereocenters. The molecule has 1 heterocycles. The number of aryl methyl sites for hydroxylation is 1. The Labute approximate surface area is 204 Å². The number of ether oxygens (including phenoxy) is 1. The summed E-state index contributed by atoms with van der Waals surface area (Å²) in [4.78, 5) is 25.3. The smallest absolute Gasteiger partial charge is 0.282 e. The van der Waals surface area contributed by atoms with Crippen LogP contribution in [0.1, 0.15) is 54.7 Å². The highest BCUT2D eigenvalue weighted by molar-refractivity contribution is 6.42. The molecule has 0 spiro atoms. The maximum Gasteiger partial charge on any atom is 0.282 e. The van der Waals surface area contributed by atoms with Crippen LogP contribution in [-0.2, 0) is 11.8 Å². The van der Waals surface area contributed by atoms with Crippen LogP contribution in [0.5, 0.6) is 5.75 Å². The van der Waals surface area contributed by atoms with Gasteiger partial charge in [-0.15, -0.1) is 0 Å². The molecule has 3 aliphatic carbocycles. The summed E-state index contributed by atoms with van der Waals surface area (Å²) in [5, 5.41) is 21.1. The van der Waals surface area contributed by atoms with Crippen LogP contribution >= 0.6 is 23.2 Å². The number of carbonyl (C=O) groups excluding carboxylic acids is 2. The number of alkyl halides is 2. The molecule has 0 aliphatic heterocycles. The highest BCUT2D eigenvalue weighted by Gasteiger charge is 2.55. The van der Waals surface area contributed by atoms with Gasteiger partial charge >= 0.3 is 0 Å². The van der Waals surface area contributed by atoms with Gasteiger partial charge in [-0.25, -0.2) is 8.78 Å². The highest BCUT2D eigenvalue weighted by Crippen LogP contribution is 2.47. The zero-order chi connectivity index (χ0) is 24.7. The first-order chi connectivity index (χ1) is 16.0. The number of aromatic nitrogens is 2. The van der Waals surface area contributed by atoms with Gasteiger partial charge in [-0.2, -0.15) is 5.10 Å². The van der Waals surface area contributed by atoms with Gasteiger partial charge in [0.1, 0.15) is 17.1 Å². The normalized spacial score (nSPS) is 25.9. The molecule has 12 heteroatoms. The molecule has 0 saturated heterocycles. The van der Waals surface area contributed by atoms with Crippen LogP contribution in [-0.4, -0.2) is 50.5 Å². The molecule has 0 unspecified atom stereocenters. The first-order valence-electron chi connectivity index (χ1n) is 10.7. The van der Waals surface area contributed by atoms with E-state index >= 15 is 0 Å². The number of rotatable bonds is 7. The summed E-state index contributed by atoms with van der Waals surface area (Å²) in [5.41, 5.74) is -1.95. The minimum absolute atomic E-state index is 0.0225. The van der Waals surface area contributed by atoms with Gasteiger partial charge < -0.3 is 20.5 Å². The fraction of sp³-hybridized carbons (Fsp3) is 0.500. The Bertz CT molecular complexity index is 1100. The van der Waals surface area contributed by atoms with Crippen LogP contribution in [0.4, 0.5) is 8.78 Å². The quantitative estimate of drug-likeness (QED) is 0.522. The van der Waals surface area contributed by atoms with E-state index in [0.29, 0.717) is 41.5 Å². The third-order valence-corrected chi connectivity index (χ3v) is 7.44. The molecule has 8 nitrogen and oxygen atoms in total. The zero-order valence-corrected chi connectivity index (χ0v) is 19.8. The van der Waals surface area contributed by atoms with Crippen molar-refractivity contribution in [2.75, 3.05) is 6.61 Å². The monoisotopic (exact) mass is 516 g/mol. The van der Waals surface area contributed by atoms with E-state index in [9.17, 15) is 23.5 Å². The van der Waals surface area contributed by atoms with E-state index in [1.807, 2.05) is 0 Å². The van der Waals surface area contributed by atoms with E-state index in [2.05, 4.69) is 15.7 Å². The average Bonchev–Trinajstić information content (AvgIpc) is 3.18. The predicted molar refractivity (Wildman–Crippen MR) is 120 cm³/mol. The van der Waals surface area contributed by atoms with Gasteiger partial charge in [-0.05, 0) is 50.3 Å². The van der Waals surface area contributed by atoms with Crippen molar-refractivity contribution in [3.8, 4) is 5.75 Å². The van der Waals surface area contributed by atoms with Gasteiger partial charge in [0.25, 0.3) is 18.2 Å². The second kappa shape index (κ2) is 9.31. The second-order valence-electron chi connectivity index (χ2n) is 8.90. The summed E-state index contributed by atoms with van der Waals surface area (Å²) in [5.74, 6) is -0.526. The number of aliphatic hydroxyl groups is 1. The van der Waals surface area contributed by atoms with Crippen LogP contribution in [0.3, 0.4) is 0 Å². The van der Waals surface area contributed by atoms with Gasteiger partial charge in [0.05, 0.1) is 21.7 Å². The number of hydrogen-bond donors (Lipinski definition) is 3. The molecule has 1 aromatic carbocycles. The first kappa shape index (κ1) is 24.7. The zero-order valence-electron chi connectivity index (χ0n) is 18.3. The molecule has 184 valence electrons. The largest absolute Gasteiger partial charge is 0.484 e. The number of amides is 2. The molecular formula is C22H24Cl2F2N4O4. The molecule has 0 radical (unpaired) electrons. The third kappa shape index (κ3) is 4.85. The number of hydrogen-bond acceptors (Lipinski definition) is 5. The third-order valence-electron chi connectivity index (χ3n) is 6.70. The van der Waals surface area contributed by atoms with E-state index in [1.165, 1.54) is 13.1 Å². The second-order valence-corrected chi connectivity index (χ2v) is 9.72. The Kier molecular flexibility index (Phi) is 6.76. The number of halogens is 4. The van der Waals surface area contributed by atoms with Crippen LogP contribution in [0.2, 0.25) is 10.0 Å². The Morgan fingerprint density at radius 1 is 1.21 bits per heavy atom. The predicted octanol–water partition coefficient (Wildman–Crippen LogP) is 3.41. The number of nitrogens with zero attached hydrogens (tertiary/aromatic N) is 2. The summed E-state index contributed by atoms with van der Waals surface area (Å²) < 4.78 is 32.4. The summed E-state index contributed by atoms with van der Waals surface area (Å²) in [6, 6.07) is 5.74. The molecule has 3 saturated carbocycles. The van der Waals surface area contributed by atoms with Crippen LogP contribution in [0.15, 0.2) is 24.3 Å². The van der Waals surface area contributed by atoms with Crippen molar-refractivity contribution in [2.24, 2.45) is 7.05 Å². The Balaban J connectivity index is 1.36. The molecule has 2 amide bonds. The average molecular weight is 517 g/mol. The van der Waals surface area contributed by atoms with Crippen molar-refractivity contribution in [3.05, 3.63) is 45.7 Å². The number of fused-ring (bicyclic) bond motifs is 3. The van der Waals surface area contributed by atoms with Gasteiger partial charge in [0, 0.05) is 18.7 Å². The molecule has 3 fully saturated rings. The topological polar surface area (TPSA) is 105 Å². The summed E-state index contributed by atoms with van der Waals surface area (Å²) in [6.45, 7) is -0.263. The maximum atomic E-state index is 12.9. The molecule has 2 aromatic rings. The lowest BCUT2D eigenvalue weighted by Gasteiger charge is -2.56. The summed E-state index contributed by atoms with van der Waals surface area (Å²) in [7, 11) is 1.43. The van der Waals surface area contributed by atoms with Gasteiger partial charge in [-0.1, -0.05) is 23.2 Å². The highest BCUT2D eigenvalue weighted by atomic mass is 35.5. The number of benzene rings is 1. The molecule has 34 heavy (non-hydrogen) atoms. The van der Waals surface area contributed by atoms with Crippen molar-refractivity contribution in [1.29, 1.82) is 0 Å². The molecule has 3 N–H and O–H groups in total. The number of aliphatic hydroxyl groups excluding tert-OH is 1. The van der Waals surface area contributed by atoms with Crippen molar-refractivity contribution in [2.45, 2.75) is 55.7 Å². The lowest BCUT2D eigenvalue weighted by atomic mass is 9.60. The lowest BCUT2D eigenvalue weighted by Crippen LogP contribution is -2.70. The van der Waals surface area contributed by atoms with E-state index < -0.39 is 41.1 Å². The Morgan fingerprint density at radius 3 is 2.50 bits per heavy atom. The van der Waals surface area contributed by atoms with Gasteiger partial charge in [0.15, 0.2) is 6.61 Å². The van der Waals surface area contributed by atoms with E-state index in [0.717, 1.165) is 10.7 Å². The van der Waals surface area contributed by atoms with Crippen molar-refractivity contribution in [1.82, 2.24) is 20.4 Å². The number of carbonyl (C=O) groups is 2.